The highest BCUT2D eigenvalue weighted by Gasteiger charge is 2.28. The standard InChI is InChI=1S/C13H14F2N2O2/c1-7(9-3-2-8(14)6-10(9)15)16-13(19)11-4-5-12(18)17-11/h2-3,6-7,11H,4-5H2,1H3,(H,16,19)(H,17,18). The lowest BCUT2D eigenvalue weighted by molar-refractivity contribution is -0.126. The van der Waals surface area contributed by atoms with Gasteiger partial charge >= 0.3 is 0 Å². The molecule has 2 rings (SSSR count). The number of hydrogen-bond acceptors (Lipinski definition) is 2. The maximum Gasteiger partial charge on any atom is 0.243 e. The van der Waals surface area contributed by atoms with Gasteiger partial charge in [0.15, 0.2) is 0 Å². The Hall–Kier alpha value is -1.98. The Balaban J connectivity index is 2.02. The molecule has 1 aliphatic heterocycles. The van der Waals surface area contributed by atoms with E-state index in [0.29, 0.717) is 12.8 Å². The minimum Gasteiger partial charge on any atom is -0.348 e. The largest absolute Gasteiger partial charge is 0.348 e. The molecule has 1 aromatic carbocycles. The second-order valence-corrected chi connectivity index (χ2v) is 4.55. The van der Waals surface area contributed by atoms with Crippen LogP contribution in [0.1, 0.15) is 31.4 Å². The lowest BCUT2D eigenvalue weighted by Gasteiger charge is -2.18. The van der Waals surface area contributed by atoms with Crippen molar-refractivity contribution < 1.29 is 18.4 Å². The smallest absolute Gasteiger partial charge is 0.243 e. The number of rotatable bonds is 3. The Kier molecular flexibility index (Phi) is 3.78. The number of hydrogen-bond donors (Lipinski definition) is 2. The normalized spacial score (nSPS) is 19.9. The van der Waals surface area contributed by atoms with Gasteiger partial charge in [0, 0.05) is 18.1 Å². The third-order valence-electron chi connectivity index (χ3n) is 3.10. The highest BCUT2D eigenvalue weighted by Crippen LogP contribution is 2.18. The van der Waals surface area contributed by atoms with Crippen molar-refractivity contribution in [2.45, 2.75) is 31.8 Å². The van der Waals surface area contributed by atoms with Gasteiger partial charge in [-0.05, 0) is 19.4 Å². The van der Waals surface area contributed by atoms with Crippen molar-refractivity contribution in [3.05, 3.63) is 35.4 Å². The van der Waals surface area contributed by atoms with E-state index in [4.69, 9.17) is 0 Å². The van der Waals surface area contributed by atoms with Crippen LogP contribution in [0.5, 0.6) is 0 Å². The first kappa shape index (κ1) is 13.5. The lowest BCUT2D eigenvalue weighted by Crippen LogP contribution is -2.42. The fourth-order valence-corrected chi connectivity index (χ4v) is 2.06. The SMILES string of the molecule is CC(NC(=O)C1CCC(=O)N1)c1ccc(F)cc1F. The first-order chi connectivity index (χ1) is 8.97. The summed E-state index contributed by atoms with van der Waals surface area (Å²) in [6.45, 7) is 1.60. The van der Waals surface area contributed by atoms with Crippen molar-refractivity contribution in [3.8, 4) is 0 Å². The summed E-state index contributed by atoms with van der Waals surface area (Å²) in [6, 6.07) is 2.04. The van der Waals surface area contributed by atoms with Crippen molar-refractivity contribution in [2.24, 2.45) is 0 Å². The number of amides is 2. The molecule has 1 heterocycles. The van der Waals surface area contributed by atoms with Gasteiger partial charge in [-0.25, -0.2) is 8.78 Å². The molecule has 1 saturated heterocycles. The van der Waals surface area contributed by atoms with Crippen LogP contribution in [0.4, 0.5) is 8.78 Å². The molecule has 2 amide bonds. The highest BCUT2D eigenvalue weighted by atomic mass is 19.1. The van der Waals surface area contributed by atoms with Crippen molar-refractivity contribution in [2.75, 3.05) is 0 Å². The van der Waals surface area contributed by atoms with Crippen molar-refractivity contribution in [3.63, 3.8) is 0 Å². The van der Waals surface area contributed by atoms with Crippen LogP contribution < -0.4 is 10.6 Å². The number of benzene rings is 1. The zero-order valence-corrected chi connectivity index (χ0v) is 10.4. The van der Waals surface area contributed by atoms with Gasteiger partial charge in [-0.15, -0.1) is 0 Å². The fraction of sp³-hybridized carbons (Fsp3) is 0.385. The number of carbonyl (C=O) groups is 2. The van der Waals surface area contributed by atoms with E-state index in [1.807, 2.05) is 0 Å². The molecule has 6 heteroatoms. The average Bonchev–Trinajstić information content (AvgIpc) is 2.75. The summed E-state index contributed by atoms with van der Waals surface area (Å²) in [7, 11) is 0. The summed E-state index contributed by atoms with van der Waals surface area (Å²) in [5.74, 6) is -1.89. The van der Waals surface area contributed by atoms with E-state index < -0.39 is 23.7 Å². The zero-order chi connectivity index (χ0) is 14.0. The van der Waals surface area contributed by atoms with E-state index in [2.05, 4.69) is 10.6 Å². The molecule has 1 aromatic rings. The quantitative estimate of drug-likeness (QED) is 0.871. The lowest BCUT2D eigenvalue weighted by atomic mass is 10.1. The minimum atomic E-state index is -0.705. The molecule has 19 heavy (non-hydrogen) atoms. The second kappa shape index (κ2) is 5.34. The van der Waals surface area contributed by atoms with Gasteiger partial charge in [-0.3, -0.25) is 9.59 Å². The Bertz CT molecular complexity index is 519. The Morgan fingerprint density at radius 3 is 2.79 bits per heavy atom. The summed E-state index contributed by atoms with van der Waals surface area (Å²) >= 11 is 0. The topological polar surface area (TPSA) is 58.2 Å². The van der Waals surface area contributed by atoms with Crippen molar-refractivity contribution >= 4 is 11.8 Å². The van der Waals surface area contributed by atoms with Crippen LogP contribution in [0.3, 0.4) is 0 Å². The van der Waals surface area contributed by atoms with Crippen LogP contribution in [0.2, 0.25) is 0 Å². The predicted octanol–water partition coefficient (Wildman–Crippen LogP) is 1.42. The molecule has 0 bridgehead atoms. The highest BCUT2D eigenvalue weighted by molar-refractivity contribution is 5.90. The van der Waals surface area contributed by atoms with Crippen LogP contribution >= 0.6 is 0 Å². The van der Waals surface area contributed by atoms with Crippen LogP contribution in [0.15, 0.2) is 18.2 Å². The molecule has 0 aliphatic carbocycles. The van der Waals surface area contributed by atoms with E-state index in [-0.39, 0.29) is 17.4 Å². The summed E-state index contributed by atoms with van der Waals surface area (Å²) in [4.78, 5) is 22.8. The van der Waals surface area contributed by atoms with Gasteiger partial charge in [0.1, 0.15) is 17.7 Å². The van der Waals surface area contributed by atoms with Crippen LogP contribution in [-0.4, -0.2) is 17.9 Å². The fourth-order valence-electron chi connectivity index (χ4n) is 2.06. The molecular formula is C13H14F2N2O2. The predicted molar refractivity (Wildman–Crippen MR) is 64.1 cm³/mol. The number of nitrogens with one attached hydrogen (secondary N) is 2. The monoisotopic (exact) mass is 268 g/mol. The summed E-state index contributed by atoms with van der Waals surface area (Å²) in [5.41, 5.74) is 0.207. The molecule has 0 aromatic heterocycles. The molecule has 0 radical (unpaired) electrons. The summed E-state index contributed by atoms with van der Waals surface area (Å²) in [5, 5.41) is 5.13. The maximum atomic E-state index is 13.5. The molecule has 2 atom stereocenters. The molecule has 1 fully saturated rings. The van der Waals surface area contributed by atoms with E-state index in [1.54, 1.807) is 6.92 Å². The van der Waals surface area contributed by atoms with E-state index in [9.17, 15) is 18.4 Å². The molecule has 4 nitrogen and oxygen atoms in total. The van der Waals surface area contributed by atoms with Gasteiger partial charge in [-0.1, -0.05) is 6.07 Å². The minimum absolute atomic E-state index is 0.166. The Labute approximate surface area is 109 Å². The van der Waals surface area contributed by atoms with Gasteiger partial charge in [0.05, 0.1) is 6.04 Å². The van der Waals surface area contributed by atoms with Gasteiger partial charge in [-0.2, -0.15) is 0 Å². The van der Waals surface area contributed by atoms with Crippen LogP contribution in [-0.2, 0) is 9.59 Å². The Morgan fingerprint density at radius 1 is 1.47 bits per heavy atom. The number of carbonyl (C=O) groups excluding carboxylic acids is 2. The van der Waals surface area contributed by atoms with Gasteiger partial charge < -0.3 is 10.6 Å². The third kappa shape index (κ3) is 3.07. The summed E-state index contributed by atoms with van der Waals surface area (Å²) < 4.78 is 26.3. The molecule has 2 unspecified atom stereocenters. The van der Waals surface area contributed by atoms with E-state index in [1.165, 1.54) is 6.07 Å². The third-order valence-corrected chi connectivity index (χ3v) is 3.10. The zero-order valence-electron chi connectivity index (χ0n) is 10.4. The molecule has 0 saturated carbocycles. The molecule has 1 aliphatic rings. The van der Waals surface area contributed by atoms with E-state index >= 15 is 0 Å². The summed E-state index contributed by atoms with van der Waals surface area (Å²) in [6.07, 6.45) is 0.751. The van der Waals surface area contributed by atoms with Crippen molar-refractivity contribution in [1.82, 2.24) is 10.6 Å². The van der Waals surface area contributed by atoms with Gasteiger partial charge in [0.25, 0.3) is 0 Å². The molecular weight excluding hydrogens is 254 g/mol. The molecule has 102 valence electrons. The van der Waals surface area contributed by atoms with E-state index in [0.717, 1.165) is 12.1 Å². The maximum absolute atomic E-state index is 13.5. The van der Waals surface area contributed by atoms with Crippen molar-refractivity contribution in [1.29, 1.82) is 0 Å². The number of halogens is 2. The molecule has 0 spiro atoms. The first-order valence-electron chi connectivity index (χ1n) is 6.02. The average molecular weight is 268 g/mol. The Morgan fingerprint density at radius 2 is 2.21 bits per heavy atom. The second-order valence-electron chi connectivity index (χ2n) is 4.55. The van der Waals surface area contributed by atoms with Crippen LogP contribution in [0, 0.1) is 11.6 Å². The molecule has 2 N–H and O–H groups in total. The van der Waals surface area contributed by atoms with Gasteiger partial charge in [0.2, 0.25) is 11.8 Å². The van der Waals surface area contributed by atoms with Crippen LogP contribution in [0.25, 0.3) is 0 Å². The first-order valence-corrected chi connectivity index (χ1v) is 6.02.